The van der Waals surface area contributed by atoms with E-state index >= 15 is 0 Å². The van der Waals surface area contributed by atoms with E-state index in [1.807, 2.05) is 29.8 Å². The number of likely N-dealkylation sites (tertiary alicyclic amines) is 1. The van der Waals surface area contributed by atoms with Gasteiger partial charge < -0.3 is 14.6 Å². The number of imidazole rings is 1. The molecule has 0 spiro atoms. The van der Waals surface area contributed by atoms with Gasteiger partial charge in [0.2, 0.25) is 5.91 Å². The van der Waals surface area contributed by atoms with E-state index in [2.05, 4.69) is 15.3 Å². The molecule has 0 bridgehead atoms. The zero-order chi connectivity index (χ0) is 19.5. The summed E-state index contributed by atoms with van der Waals surface area (Å²) in [6.07, 6.45) is 9.63. The van der Waals surface area contributed by atoms with E-state index in [9.17, 15) is 9.59 Å². The third kappa shape index (κ3) is 3.66. The predicted octanol–water partition coefficient (Wildman–Crippen LogP) is 2.66. The van der Waals surface area contributed by atoms with Gasteiger partial charge in [0.15, 0.2) is 0 Å². The van der Waals surface area contributed by atoms with Gasteiger partial charge in [0, 0.05) is 25.5 Å². The maximum Gasteiger partial charge on any atom is 0.257 e. The number of nitrogens with one attached hydrogen (secondary N) is 1. The third-order valence-electron chi connectivity index (χ3n) is 4.94. The van der Waals surface area contributed by atoms with Gasteiger partial charge in [0.25, 0.3) is 5.91 Å². The van der Waals surface area contributed by atoms with Crippen molar-refractivity contribution in [2.75, 3.05) is 18.4 Å². The zero-order valence-electron chi connectivity index (χ0n) is 15.5. The summed E-state index contributed by atoms with van der Waals surface area (Å²) >= 11 is 0. The Morgan fingerprint density at radius 3 is 2.82 bits per heavy atom. The molecule has 1 N–H and O–H groups in total. The van der Waals surface area contributed by atoms with Gasteiger partial charge in [0.05, 0.1) is 29.6 Å². The number of hydrogen-bond donors (Lipinski definition) is 1. The molecule has 4 rings (SSSR count). The van der Waals surface area contributed by atoms with Gasteiger partial charge in [-0.1, -0.05) is 0 Å². The average Bonchev–Trinajstić information content (AvgIpc) is 3.40. The van der Waals surface area contributed by atoms with E-state index < -0.39 is 0 Å². The van der Waals surface area contributed by atoms with E-state index in [4.69, 9.17) is 4.42 Å². The number of aromatic nitrogens is 3. The van der Waals surface area contributed by atoms with Gasteiger partial charge in [-0.3, -0.25) is 14.2 Å². The second-order valence-corrected chi connectivity index (χ2v) is 6.84. The van der Waals surface area contributed by atoms with Crippen LogP contribution in [0.4, 0.5) is 5.69 Å². The number of amides is 2. The first-order valence-corrected chi connectivity index (χ1v) is 9.20. The van der Waals surface area contributed by atoms with Crippen LogP contribution in [0.3, 0.4) is 0 Å². The molecule has 28 heavy (non-hydrogen) atoms. The number of carbonyl (C=O) groups is 2. The lowest BCUT2D eigenvalue weighted by atomic mass is 9.96. The molecular weight excluding hydrogens is 358 g/mol. The lowest BCUT2D eigenvalue weighted by Crippen LogP contribution is -2.43. The van der Waals surface area contributed by atoms with E-state index in [-0.39, 0.29) is 17.7 Å². The SMILES string of the molecule is Cc1nccn1-c1ccc(NC(=O)C2CCCN(C(=O)c3ccoc3)C2)cn1. The normalized spacial score (nSPS) is 16.8. The molecule has 4 heterocycles. The topological polar surface area (TPSA) is 93.3 Å². The van der Waals surface area contributed by atoms with Gasteiger partial charge in [-0.05, 0) is 38.0 Å². The maximum atomic E-state index is 12.7. The highest BCUT2D eigenvalue weighted by Crippen LogP contribution is 2.21. The smallest absolute Gasteiger partial charge is 0.257 e. The van der Waals surface area contributed by atoms with Crippen LogP contribution in [0.5, 0.6) is 0 Å². The van der Waals surface area contributed by atoms with Gasteiger partial charge in [-0.2, -0.15) is 0 Å². The molecular formula is C20H21N5O3. The summed E-state index contributed by atoms with van der Waals surface area (Å²) in [5.74, 6) is 1.13. The van der Waals surface area contributed by atoms with Crippen LogP contribution < -0.4 is 5.32 Å². The van der Waals surface area contributed by atoms with Gasteiger partial charge in [-0.15, -0.1) is 0 Å². The van der Waals surface area contributed by atoms with E-state index in [0.717, 1.165) is 24.5 Å². The van der Waals surface area contributed by atoms with Crippen LogP contribution in [0, 0.1) is 12.8 Å². The Hall–Kier alpha value is -3.42. The minimum Gasteiger partial charge on any atom is -0.472 e. The molecule has 3 aromatic heterocycles. The van der Waals surface area contributed by atoms with Crippen molar-refractivity contribution in [3.63, 3.8) is 0 Å². The van der Waals surface area contributed by atoms with Crippen molar-refractivity contribution in [3.05, 3.63) is 60.7 Å². The van der Waals surface area contributed by atoms with Crippen molar-refractivity contribution in [1.82, 2.24) is 19.4 Å². The largest absolute Gasteiger partial charge is 0.472 e. The Kier molecular flexibility index (Phi) is 4.92. The summed E-state index contributed by atoms with van der Waals surface area (Å²) < 4.78 is 6.85. The summed E-state index contributed by atoms with van der Waals surface area (Å²) in [6, 6.07) is 5.29. The minimum atomic E-state index is -0.250. The molecule has 1 fully saturated rings. The van der Waals surface area contributed by atoms with Crippen LogP contribution in [-0.4, -0.2) is 44.3 Å². The molecule has 1 saturated heterocycles. The molecule has 1 aliphatic heterocycles. The number of rotatable bonds is 4. The average molecular weight is 379 g/mol. The summed E-state index contributed by atoms with van der Waals surface area (Å²) in [5.41, 5.74) is 1.14. The second-order valence-electron chi connectivity index (χ2n) is 6.84. The van der Waals surface area contributed by atoms with Crippen LogP contribution >= 0.6 is 0 Å². The molecule has 1 aliphatic rings. The highest BCUT2D eigenvalue weighted by molar-refractivity contribution is 5.96. The molecule has 0 aliphatic carbocycles. The number of aryl methyl sites for hydroxylation is 1. The van der Waals surface area contributed by atoms with Crippen LogP contribution in [0.2, 0.25) is 0 Å². The first kappa shape index (κ1) is 18.0. The summed E-state index contributed by atoms with van der Waals surface area (Å²) in [4.78, 5) is 35.4. The van der Waals surface area contributed by atoms with Crippen LogP contribution in [0.25, 0.3) is 5.82 Å². The molecule has 3 aromatic rings. The number of hydrogen-bond acceptors (Lipinski definition) is 5. The number of pyridine rings is 1. The molecule has 2 amide bonds. The Labute approximate surface area is 162 Å². The molecule has 8 nitrogen and oxygen atoms in total. The van der Waals surface area contributed by atoms with Gasteiger partial charge >= 0.3 is 0 Å². The summed E-state index contributed by atoms with van der Waals surface area (Å²) in [7, 11) is 0. The zero-order valence-corrected chi connectivity index (χ0v) is 15.5. The number of nitrogens with zero attached hydrogens (tertiary/aromatic N) is 4. The van der Waals surface area contributed by atoms with Crippen molar-refractivity contribution in [1.29, 1.82) is 0 Å². The van der Waals surface area contributed by atoms with Crippen molar-refractivity contribution < 1.29 is 14.0 Å². The van der Waals surface area contributed by atoms with Crippen molar-refractivity contribution >= 4 is 17.5 Å². The predicted molar refractivity (Wildman–Crippen MR) is 102 cm³/mol. The third-order valence-corrected chi connectivity index (χ3v) is 4.94. The van der Waals surface area contributed by atoms with Crippen LogP contribution in [0.1, 0.15) is 29.0 Å². The van der Waals surface area contributed by atoms with E-state index in [1.165, 1.54) is 12.5 Å². The van der Waals surface area contributed by atoms with E-state index in [0.29, 0.717) is 24.3 Å². The summed E-state index contributed by atoms with van der Waals surface area (Å²) in [6.45, 7) is 2.95. The fourth-order valence-electron chi connectivity index (χ4n) is 3.41. The molecule has 0 radical (unpaired) electrons. The lowest BCUT2D eigenvalue weighted by Gasteiger charge is -2.31. The minimum absolute atomic E-state index is 0.0990. The second kappa shape index (κ2) is 7.67. The maximum absolute atomic E-state index is 12.7. The molecule has 1 unspecified atom stereocenters. The Morgan fingerprint density at radius 1 is 1.25 bits per heavy atom. The first-order chi connectivity index (χ1) is 13.6. The van der Waals surface area contributed by atoms with Crippen molar-refractivity contribution in [2.45, 2.75) is 19.8 Å². The quantitative estimate of drug-likeness (QED) is 0.752. The monoisotopic (exact) mass is 379 g/mol. The molecule has 144 valence electrons. The molecule has 0 saturated carbocycles. The highest BCUT2D eigenvalue weighted by atomic mass is 16.3. The number of furan rings is 1. The molecule has 8 heteroatoms. The lowest BCUT2D eigenvalue weighted by molar-refractivity contribution is -0.121. The van der Waals surface area contributed by atoms with Crippen molar-refractivity contribution in [2.24, 2.45) is 5.92 Å². The Morgan fingerprint density at radius 2 is 2.14 bits per heavy atom. The van der Waals surface area contributed by atoms with E-state index in [1.54, 1.807) is 23.4 Å². The van der Waals surface area contributed by atoms with Crippen LogP contribution in [0.15, 0.2) is 53.7 Å². The molecule has 0 aromatic carbocycles. The number of anilines is 1. The Balaban J connectivity index is 1.39. The fourth-order valence-corrected chi connectivity index (χ4v) is 3.41. The highest BCUT2D eigenvalue weighted by Gasteiger charge is 2.29. The first-order valence-electron chi connectivity index (χ1n) is 9.20. The van der Waals surface area contributed by atoms with Crippen LogP contribution in [-0.2, 0) is 4.79 Å². The molecule has 1 atom stereocenters. The van der Waals surface area contributed by atoms with Gasteiger partial charge in [0.1, 0.15) is 17.9 Å². The summed E-state index contributed by atoms with van der Waals surface area (Å²) in [5, 5.41) is 2.91. The number of carbonyl (C=O) groups excluding carboxylic acids is 2. The fraction of sp³-hybridized carbons (Fsp3) is 0.300. The standard InChI is InChI=1S/C20H21N5O3/c1-14-21-7-9-25(14)18-5-4-17(11-22-18)23-19(26)15-3-2-8-24(12-15)20(27)16-6-10-28-13-16/h4-7,9-11,13,15H,2-3,8,12H2,1H3,(H,23,26). The Bertz CT molecular complexity index is 962. The van der Waals surface area contributed by atoms with Gasteiger partial charge in [-0.25, -0.2) is 9.97 Å². The number of piperidine rings is 1. The van der Waals surface area contributed by atoms with Crippen molar-refractivity contribution in [3.8, 4) is 5.82 Å².